The molecule has 1 amide bonds. The third kappa shape index (κ3) is 3.80. The van der Waals surface area contributed by atoms with E-state index in [2.05, 4.69) is 6.92 Å². The summed E-state index contributed by atoms with van der Waals surface area (Å²) < 4.78 is 0. The van der Waals surface area contributed by atoms with E-state index < -0.39 is 0 Å². The number of amides is 1. The molecule has 0 unspecified atom stereocenters. The summed E-state index contributed by atoms with van der Waals surface area (Å²) in [5.74, 6) is 0.193. The Balaban J connectivity index is 2.37. The van der Waals surface area contributed by atoms with E-state index in [-0.39, 0.29) is 12.5 Å². The van der Waals surface area contributed by atoms with Crippen LogP contribution in [0, 0.1) is 0 Å². The normalized spacial score (nSPS) is 22.1. The van der Waals surface area contributed by atoms with Gasteiger partial charge in [0, 0.05) is 19.1 Å². The van der Waals surface area contributed by atoms with Crippen molar-refractivity contribution in [3.63, 3.8) is 0 Å². The van der Waals surface area contributed by atoms with Crippen LogP contribution >= 0.6 is 0 Å². The molecule has 1 aliphatic rings. The number of likely N-dealkylation sites (tertiary alicyclic amines) is 1. The Labute approximate surface area is 91.9 Å². The molecular formula is C11H22N2O2. The number of likely N-dealkylation sites (N-methyl/N-ethyl adjacent to an activating group) is 1. The van der Waals surface area contributed by atoms with Gasteiger partial charge in [0.05, 0.1) is 13.2 Å². The fourth-order valence-corrected chi connectivity index (χ4v) is 2.04. The number of aliphatic hydroxyl groups is 1. The largest absolute Gasteiger partial charge is 0.395 e. The Morgan fingerprint density at radius 3 is 2.87 bits per heavy atom. The number of carbonyl (C=O) groups is 1. The number of piperidine rings is 1. The van der Waals surface area contributed by atoms with Gasteiger partial charge in [-0.05, 0) is 33.2 Å². The van der Waals surface area contributed by atoms with Crippen LogP contribution in [0.15, 0.2) is 0 Å². The number of aliphatic hydroxyl groups excluding tert-OH is 1. The van der Waals surface area contributed by atoms with Crippen LogP contribution in [0.2, 0.25) is 0 Å². The van der Waals surface area contributed by atoms with E-state index in [9.17, 15) is 4.79 Å². The fourth-order valence-electron chi connectivity index (χ4n) is 2.04. The lowest BCUT2D eigenvalue weighted by Crippen LogP contribution is -2.46. The number of rotatable bonds is 4. The number of nitrogens with zero attached hydrogens (tertiary/aromatic N) is 2. The zero-order valence-corrected chi connectivity index (χ0v) is 9.78. The first-order valence-corrected chi connectivity index (χ1v) is 5.74. The van der Waals surface area contributed by atoms with E-state index in [1.54, 1.807) is 0 Å². The SMILES string of the molecule is C[C@@H]1CCCCN1C(=O)CN(C)CCO. The van der Waals surface area contributed by atoms with Gasteiger partial charge in [0.25, 0.3) is 0 Å². The molecule has 1 fully saturated rings. The molecule has 1 saturated heterocycles. The third-order valence-electron chi connectivity index (χ3n) is 3.01. The summed E-state index contributed by atoms with van der Waals surface area (Å²) in [4.78, 5) is 15.7. The lowest BCUT2D eigenvalue weighted by Gasteiger charge is -2.34. The summed E-state index contributed by atoms with van der Waals surface area (Å²) in [5.41, 5.74) is 0. The zero-order valence-electron chi connectivity index (χ0n) is 9.78. The first-order valence-electron chi connectivity index (χ1n) is 5.74. The molecule has 1 N–H and O–H groups in total. The van der Waals surface area contributed by atoms with Gasteiger partial charge in [-0.25, -0.2) is 0 Å². The highest BCUT2D eigenvalue weighted by Gasteiger charge is 2.23. The summed E-state index contributed by atoms with van der Waals surface area (Å²) >= 11 is 0. The molecule has 0 spiro atoms. The quantitative estimate of drug-likeness (QED) is 0.732. The lowest BCUT2D eigenvalue weighted by molar-refractivity contribution is -0.135. The molecule has 0 bridgehead atoms. The predicted octanol–water partition coefficient (Wildman–Crippen LogP) is 0.311. The standard InChI is InChI=1S/C11H22N2O2/c1-10-5-3-4-6-13(10)11(15)9-12(2)7-8-14/h10,14H,3-9H2,1-2H3/t10-/m1/s1. The van der Waals surface area contributed by atoms with Crippen LogP contribution in [0.25, 0.3) is 0 Å². The van der Waals surface area contributed by atoms with Crippen molar-refractivity contribution < 1.29 is 9.90 Å². The Kier molecular flexibility index (Phi) is 5.05. The van der Waals surface area contributed by atoms with E-state index >= 15 is 0 Å². The van der Waals surface area contributed by atoms with Crippen molar-refractivity contribution in [2.75, 3.05) is 33.3 Å². The first kappa shape index (κ1) is 12.5. The zero-order chi connectivity index (χ0) is 11.3. The number of hydrogen-bond acceptors (Lipinski definition) is 3. The Morgan fingerprint density at radius 1 is 1.53 bits per heavy atom. The minimum Gasteiger partial charge on any atom is -0.395 e. The summed E-state index contributed by atoms with van der Waals surface area (Å²) in [5, 5.41) is 8.75. The second-order valence-corrected chi connectivity index (χ2v) is 4.39. The molecule has 0 aromatic rings. The Morgan fingerprint density at radius 2 is 2.27 bits per heavy atom. The third-order valence-corrected chi connectivity index (χ3v) is 3.01. The van der Waals surface area contributed by atoms with Gasteiger partial charge in [0.15, 0.2) is 0 Å². The topological polar surface area (TPSA) is 43.8 Å². The second kappa shape index (κ2) is 6.08. The first-order chi connectivity index (χ1) is 7.15. The molecule has 0 aromatic carbocycles. The van der Waals surface area contributed by atoms with E-state index in [1.165, 1.54) is 6.42 Å². The Hall–Kier alpha value is -0.610. The molecule has 15 heavy (non-hydrogen) atoms. The van der Waals surface area contributed by atoms with Crippen molar-refractivity contribution in [3.05, 3.63) is 0 Å². The van der Waals surface area contributed by atoms with E-state index in [1.807, 2.05) is 16.8 Å². The van der Waals surface area contributed by atoms with E-state index in [0.717, 1.165) is 19.4 Å². The molecule has 1 atom stereocenters. The van der Waals surface area contributed by atoms with Gasteiger partial charge in [0.2, 0.25) is 5.91 Å². The molecule has 0 radical (unpaired) electrons. The Bertz CT molecular complexity index is 209. The van der Waals surface area contributed by atoms with Crippen LogP contribution < -0.4 is 0 Å². The summed E-state index contributed by atoms with van der Waals surface area (Å²) in [6, 6.07) is 0.383. The minimum atomic E-state index is 0.110. The lowest BCUT2D eigenvalue weighted by atomic mass is 10.0. The molecule has 0 aromatic heterocycles. The fraction of sp³-hybridized carbons (Fsp3) is 0.909. The molecule has 1 heterocycles. The maximum atomic E-state index is 11.9. The average molecular weight is 214 g/mol. The van der Waals surface area contributed by atoms with Crippen molar-refractivity contribution in [1.29, 1.82) is 0 Å². The highest BCUT2D eigenvalue weighted by molar-refractivity contribution is 5.78. The van der Waals surface area contributed by atoms with Gasteiger partial charge >= 0.3 is 0 Å². The summed E-state index contributed by atoms with van der Waals surface area (Å²) in [7, 11) is 1.86. The molecule has 0 aliphatic carbocycles. The maximum Gasteiger partial charge on any atom is 0.236 e. The van der Waals surface area contributed by atoms with Gasteiger partial charge in [0.1, 0.15) is 0 Å². The van der Waals surface area contributed by atoms with Crippen molar-refractivity contribution in [2.45, 2.75) is 32.2 Å². The van der Waals surface area contributed by atoms with Crippen LogP contribution in [0.3, 0.4) is 0 Å². The van der Waals surface area contributed by atoms with Crippen molar-refractivity contribution in [3.8, 4) is 0 Å². The monoisotopic (exact) mass is 214 g/mol. The van der Waals surface area contributed by atoms with Crippen molar-refractivity contribution >= 4 is 5.91 Å². The highest BCUT2D eigenvalue weighted by atomic mass is 16.3. The predicted molar refractivity (Wildman–Crippen MR) is 59.6 cm³/mol. The molecule has 1 rings (SSSR count). The average Bonchev–Trinajstić information content (AvgIpc) is 2.18. The van der Waals surface area contributed by atoms with E-state index in [0.29, 0.717) is 19.1 Å². The van der Waals surface area contributed by atoms with Crippen molar-refractivity contribution in [2.24, 2.45) is 0 Å². The molecule has 0 saturated carbocycles. The second-order valence-electron chi connectivity index (χ2n) is 4.39. The van der Waals surface area contributed by atoms with Gasteiger partial charge in [-0.3, -0.25) is 9.69 Å². The van der Waals surface area contributed by atoms with Crippen LogP contribution in [0.1, 0.15) is 26.2 Å². The van der Waals surface area contributed by atoms with Gasteiger partial charge in [-0.1, -0.05) is 0 Å². The van der Waals surface area contributed by atoms with Gasteiger partial charge < -0.3 is 10.0 Å². The molecular weight excluding hydrogens is 192 g/mol. The maximum absolute atomic E-state index is 11.9. The molecule has 88 valence electrons. The molecule has 1 aliphatic heterocycles. The number of carbonyl (C=O) groups excluding carboxylic acids is 1. The van der Waals surface area contributed by atoms with Crippen LogP contribution in [0.5, 0.6) is 0 Å². The highest BCUT2D eigenvalue weighted by Crippen LogP contribution is 2.16. The smallest absolute Gasteiger partial charge is 0.236 e. The van der Waals surface area contributed by atoms with Crippen molar-refractivity contribution in [1.82, 2.24) is 9.80 Å². The van der Waals surface area contributed by atoms with Crippen LogP contribution in [-0.4, -0.2) is 60.1 Å². The van der Waals surface area contributed by atoms with E-state index in [4.69, 9.17) is 5.11 Å². The van der Waals surface area contributed by atoms with Crippen LogP contribution in [-0.2, 0) is 4.79 Å². The summed E-state index contributed by atoms with van der Waals surface area (Å²) in [6.45, 7) is 4.11. The molecule has 4 heteroatoms. The van der Waals surface area contributed by atoms with Gasteiger partial charge in [-0.15, -0.1) is 0 Å². The number of hydrogen-bond donors (Lipinski definition) is 1. The molecule has 4 nitrogen and oxygen atoms in total. The van der Waals surface area contributed by atoms with Crippen LogP contribution in [0.4, 0.5) is 0 Å². The van der Waals surface area contributed by atoms with Gasteiger partial charge in [-0.2, -0.15) is 0 Å². The summed E-state index contributed by atoms with van der Waals surface area (Å²) in [6.07, 6.45) is 3.48. The minimum absolute atomic E-state index is 0.110.